The summed E-state index contributed by atoms with van der Waals surface area (Å²) in [7, 11) is 0. The Morgan fingerprint density at radius 1 is 1.00 bits per heavy atom. The highest BCUT2D eigenvalue weighted by Gasteiger charge is 2.73. The number of nitrogens with one attached hydrogen (secondary N) is 1. The van der Waals surface area contributed by atoms with Gasteiger partial charge < -0.3 is 0 Å². The highest BCUT2D eigenvalue weighted by atomic mass is 16.2. The monoisotopic (exact) mass is 165 g/mol. The molecule has 1 N–H and O–H groups in total. The Balaban J connectivity index is 2.08. The summed E-state index contributed by atoms with van der Waals surface area (Å²) in [6.45, 7) is 0. The number of hydrogen-bond donors (Lipinski definition) is 1. The lowest BCUT2D eigenvalue weighted by Crippen LogP contribution is -2.66. The minimum atomic E-state index is -0.549. The van der Waals surface area contributed by atoms with Gasteiger partial charge in [0.05, 0.1) is 0 Å². The molecular formula is C9H11NO2. The van der Waals surface area contributed by atoms with Crippen LogP contribution >= 0.6 is 0 Å². The van der Waals surface area contributed by atoms with E-state index in [4.69, 9.17) is 0 Å². The maximum absolute atomic E-state index is 11.4. The molecule has 3 aliphatic rings. The van der Waals surface area contributed by atoms with Gasteiger partial charge in [-0.25, -0.2) is 0 Å². The van der Waals surface area contributed by atoms with Crippen LogP contribution in [0.2, 0.25) is 0 Å². The van der Waals surface area contributed by atoms with Crippen LogP contribution in [0.3, 0.4) is 0 Å². The van der Waals surface area contributed by atoms with Gasteiger partial charge in [0.1, 0.15) is 5.41 Å². The number of carbonyl (C=O) groups is 2. The fourth-order valence-electron chi connectivity index (χ4n) is 3.06. The average Bonchev–Trinajstić information content (AvgIpc) is 2.63. The molecule has 3 nitrogen and oxygen atoms in total. The van der Waals surface area contributed by atoms with E-state index < -0.39 is 5.41 Å². The second-order valence-corrected chi connectivity index (χ2v) is 4.32. The van der Waals surface area contributed by atoms with E-state index in [9.17, 15) is 9.59 Å². The number of fused-ring (bicyclic) bond motifs is 1. The fourth-order valence-corrected chi connectivity index (χ4v) is 3.06. The maximum atomic E-state index is 11.4. The third-order valence-electron chi connectivity index (χ3n) is 3.97. The summed E-state index contributed by atoms with van der Waals surface area (Å²) < 4.78 is 0. The molecule has 0 aromatic heterocycles. The van der Waals surface area contributed by atoms with Gasteiger partial charge in [0, 0.05) is 0 Å². The molecule has 1 aliphatic heterocycles. The summed E-state index contributed by atoms with van der Waals surface area (Å²) in [5.74, 6) is 0.00463. The summed E-state index contributed by atoms with van der Waals surface area (Å²) in [6.07, 6.45) is 5.13. The van der Waals surface area contributed by atoms with Gasteiger partial charge in [-0.05, 0) is 31.1 Å². The third-order valence-corrected chi connectivity index (χ3v) is 3.97. The zero-order valence-corrected chi connectivity index (χ0v) is 6.85. The third kappa shape index (κ3) is 0.439. The molecule has 0 aromatic carbocycles. The van der Waals surface area contributed by atoms with E-state index in [1.807, 2.05) is 0 Å². The van der Waals surface area contributed by atoms with Gasteiger partial charge in [0.15, 0.2) is 0 Å². The molecule has 2 amide bonds. The van der Waals surface area contributed by atoms with Crippen molar-refractivity contribution in [2.75, 3.05) is 0 Å². The van der Waals surface area contributed by atoms with Crippen LogP contribution in [0, 0.1) is 10.8 Å². The summed E-state index contributed by atoms with van der Waals surface area (Å²) >= 11 is 0. The topological polar surface area (TPSA) is 46.2 Å². The number of β-lactam (4-membered cyclic amide) rings is 2. The van der Waals surface area contributed by atoms with Gasteiger partial charge in [-0.1, -0.05) is 6.42 Å². The van der Waals surface area contributed by atoms with Crippen molar-refractivity contribution in [2.24, 2.45) is 10.8 Å². The van der Waals surface area contributed by atoms with Crippen molar-refractivity contribution in [3.63, 3.8) is 0 Å². The maximum Gasteiger partial charge on any atom is 0.242 e. The van der Waals surface area contributed by atoms with Crippen LogP contribution in [0.5, 0.6) is 0 Å². The molecule has 3 rings (SSSR count). The highest BCUT2D eigenvalue weighted by molar-refractivity contribution is 6.23. The zero-order chi connectivity index (χ0) is 8.40. The molecule has 0 aromatic rings. The number of rotatable bonds is 0. The summed E-state index contributed by atoms with van der Waals surface area (Å²) in [4.78, 5) is 22.8. The quantitative estimate of drug-likeness (QED) is 0.422. The van der Waals surface area contributed by atoms with Crippen LogP contribution in [0.4, 0.5) is 0 Å². The van der Waals surface area contributed by atoms with E-state index in [-0.39, 0.29) is 17.2 Å². The molecule has 64 valence electrons. The Hall–Kier alpha value is -0.860. The van der Waals surface area contributed by atoms with Crippen LogP contribution in [-0.2, 0) is 9.59 Å². The Bertz CT molecular complexity index is 277. The van der Waals surface area contributed by atoms with Crippen molar-refractivity contribution in [1.82, 2.24) is 5.32 Å². The van der Waals surface area contributed by atoms with E-state index in [1.165, 1.54) is 0 Å². The smallest absolute Gasteiger partial charge is 0.242 e. The van der Waals surface area contributed by atoms with Gasteiger partial charge in [-0.2, -0.15) is 0 Å². The van der Waals surface area contributed by atoms with Crippen molar-refractivity contribution >= 4 is 11.8 Å². The number of hydrogen-bond acceptors (Lipinski definition) is 2. The second kappa shape index (κ2) is 1.58. The standard InChI is InChI=1S/C9H11NO2/c11-6-9(7(12)10-6)3-1-2-8(9)4-5-8/h1-5H2,(H,10,11,12). The molecular weight excluding hydrogens is 154 g/mol. The van der Waals surface area contributed by atoms with Crippen LogP contribution < -0.4 is 5.32 Å². The van der Waals surface area contributed by atoms with E-state index in [2.05, 4.69) is 5.32 Å². The molecule has 12 heavy (non-hydrogen) atoms. The number of imide groups is 1. The Morgan fingerprint density at radius 2 is 1.67 bits per heavy atom. The largest absolute Gasteiger partial charge is 0.295 e. The van der Waals surface area contributed by atoms with Gasteiger partial charge in [0.25, 0.3) is 0 Å². The number of amides is 2. The van der Waals surface area contributed by atoms with Gasteiger partial charge in [-0.15, -0.1) is 0 Å². The lowest BCUT2D eigenvalue weighted by atomic mass is 9.68. The highest BCUT2D eigenvalue weighted by Crippen LogP contribution is 2.69. The lowest BCUT2D eigenvalue weighted by Gasteiger charge is -2.40. The molecule has 0 unspecified atom stereocenters. The number of carbonyl (C=O) groups excluding carboxylic acids is 2. The Kier molecular flexibility index (Phi) is 0.875. The average molecular weight is 165 g/mol. The molecule has 2 aliphatic carbocycles. The van der Waals surface area contributed by atoms with Crippen LogP contribution in [0.15, 0.2) is 0 Å². The summed E-state index contributed by atoms with van der Waals surface area (Å²) in [5.41, 5.74) is -0.431. The first-order valence-corrected chi connectivity index (χ1v) is 4.57. The van der Waals surface area contributed by atoms with Crippen molar-refractivity contribution in [2.45, 2.75) is 32.1 Å². The first-order chi connectivity index (χ1) is 5.71. The molecule has 0 bridgehead atoms. The van der Waals surface area contributed by atoms with Crippen molar-refractivity contribution in [3.05, 3.63) is 0 Å². The van der Waals surface area contributed by atoms with E-state index >= 15 is 0 Å². The molecule has 1 heterocycles. The minimum Gasteiger partial charge on any atom is -0.295 e. The zero-order valence-electron chi connectivity index (χ0n) is 6.85. The van der Waals surface area contributed by atoms with Crippen molar-refractivity contribution < 1.29 is 9.59 Å². The van der Waals surface area contributed by atoms with Crippen LogP contribution in [0.25, 0.3) is 0 Å². The van der Waals surface area contributed by atoms with E-state index in [0.29, 0.717) is 0 Å². The van der Waals surface area contributed by atoms with Crippen LogP contribution in [0.1, 0.15) is 32.1 Å². The van der Waals surface area contributed by atoms with Crippen LogP contribution in [-0.4, -0.2) is 11.8 Å². The van der Waals surface area contributed by atoms with Gasteiger partial charge in [0.2, 0.25) is 11.8 Å². The predicted octanol–water partition coefficient (Wildman–Crippen LogP) is 0.593. The molecule has 2 saturated carbocycles. The molecule has 3 heteroatoms. The Morgan fingerprint density at radius 3 is 2.08 bits per heavy atom. The van der Waals surface area contributed by atoms with Gasteiger partial charge in [-0.3, -0.25) is 14.9 Å². The molecule has 3 fully saturated rings. The molecule has 0 radical (unpaired) electrons. The SMILES string of the molecule is O=C1NC(=O)C12CCCC21CC1. The summed E-state index contributed by atoms with van der Waals surface area (Å²) in [5, 5.41) is 2.36. The molecule has 0 atom stereocenters. The normalized spacial score (nSPS) is 33.7. The first-order valence-electron chi connectivity index (χ1n) is 4.57. The van der Waals surface area contributed by atoms with E-state index in [1.54, 1.807) is 0 Å². The summed E-state index contributed by atoms with van der Waals surface area (Å²) in [6, 6.07) is 0. The fraction of sp³-hybridized carbons (Fsp3) is 0.778. The molecule has 1 saturated heterocycles. The minimum absolute atomic E-state index is 0.00231. The van der Waals surface area contributed by atoms with Crippen molar-refractivity contribution in [1.29, 1.82) is 0 Å². The first kappa shape index (κ1) is 6.63. The lowest BCUT2D eigenvalue weighted by molar-refractivity contribution is -0.161. The van der Waals surface area contributed by atoms with E-state index in [0.717, 1.165) is 32.1 Å². The Labute approximate surface area is 70.5 Å². The van der Waals surface area contributed by atoms with Crippen molar-refractivity contribution in [3.8, 4) is 0 Å². The second-order valence-electron chi connectivity index (χ2n) is 4.32. The van der Waals surface area contributed by atoms with Gasteiger partial charge >= 0.3 is 0 Å². The predicted molar refractivity (Wildman–Crippen MR) is 41.1 cm³/mol. The molecule has 2 spiro atoms.